The third kappa shape index (κ3) is 6.33. The van der Waals surface area contributed by atoms with Crippen LogP contribution in [0.5, 0.6) is 0 Å². The minimum Gasteiger partial charge on any atom is -0.315 e. The van der Waals surface area contributed by atoms with Gasteiger partial charge >= 0.3 is 0 Å². The second-order valence-electron chi connectivity index (χ2n) is 4.51. The standard InChI is InChI=1S/C13H20FIN2/c1-10(2)8-16-5-6-17-9-11-3-4-12(14)7-13(11)15/h3-4,7,10,16-17H,5-6,8-9H2,1-2H3. The first-order valence-corrected chi connectivity index (χ1v) is 7.03. The van der Waals surface area contributed by atoms with E-state index in [1.165, 1.54) is 6.07 Å². The number of hydrogen-bond donors (Lipinski definition) is 2. The van der Waals surface area contributed by atoms with E-state index in [1.54, 1.807) is 6.07 Å². The maximum Gasteiger partial charge on any atom is 0.124 e. The zero-order chi connectivity index (χ0) is 12.7. The Morgan fingerprint density at radius 1 is 1.24 bits per heavy atom. The molecule has 0 saturated heterocycles. The third-order valence-corrected chi connectivity index (χ3v) is 3.37. The van der Waals surface area contributed by atoms with Crippen molar-refractivity contribution in [2.75, 3.05) is 19.6 Å². The summed E-state index contributed by atoms with van der Waals surface area (Å²) in [6.07, 6.45) is 0. The summed E-state index contributed by atoms with van der Waals surface area (Å²) in [5.74, 6) is 0.518. The zero-order valence-electron chi connectivity index (χ0n) is 10.4. The Morgan fingerprint density at radius 3 is 2.59 bits per heavy atom. The molecular formula is C13H20FIN2. The van der Waals surface area contributed by atoms with E-state index in [0.29, 0.717) is 5.92 Å². The van der Waals surface area contributed by atoms with Gasteiger partial charge in [-0.25, -0.2) is 4.39 Å². The average Bonchev–Trinajstić information content (AvgIpc) is 2.25. The molecule has 0 unspecified atom stereocenters. The molecule has 0 amide bonds. The highest BCUT2D eigenvalue weighted by Gasteiger charge is 2.00. The van der Waals surface area contributed by atoms with E-state index >= 15 is 0 Å². The van der Waals surface area contributed by atoms with Crippen molar-refractivity contribution in [3.63, 3.8) is 0 Å². The van der Waals surface area contributed by atoms with Crippen LogP contribution in [0.25, 0.3) is 0 Å². The third-order valence-electron chi connectivity index (χ3n) is 2.36. The van der Waals surface area contributed by atoms with Gasteiger partial charge < -0.3 is 10.6 Å². The Morgan fingerprint density at radius 2 is 1.94 bits per heavy atom. The number of benzene rings is 1. The maximum atomic E-state index is 12.9. The molecule has 0 heterocycles. The molecule has 0 saturated carbocycles. The van der Waals surface area contributed by atoms with Gasteiger partial charge in [-0.2, -0.15) is 0 Å². The van der Waals surface area contributed by atoms with Crippen LogP contribution in [-0.2, 0) is 6.54 Å². The Balaban J connectivity index is 2.18. The summed E-state index contributed by atoms with van der Waals surface area (Å²) in [6, 6.07) is 4.91. The van der Waals surface area contributed by atoms with Crippen LogP contribution in [0.4, 0.5) is 4.39 Å². The quantitative estimate of drug-likeness (QED) is 0.584. The lowest BCUT2D eigenvalue weighted by Crippen LogP contribution is -2.29. The van der Waals surface area contributed by atoms with Crippen molar-refractivity contribution in [3.05, 3.63) is 33.1 Å². The van der Waals surface area contributed by atoms with Gasteiger partial charge in [-0.15, -0.1) is 0 Å². The smallest absolute Gasteiger partial charge is 0.124 e. The normalized spacial score (nSPS) is 11.1. The van der Waals surface area contributed by atoms with E-state index in [9.17, 15) is 4.39 Å². The minimum atomic E-state index is -0.170. The van der Waals surface area contributed by atoms with Gasteiger partial charge in [-0.05, 0) is 52.7 Å². The summed E-state index contributed by atoms with van der Waals surface area (Å²) in [5.41, 5.74) is 1.15. The molecule has 1 rings (SSSR count). The monoisotopic (exact) mass is 350 g/mol. The Bertz CT molecular complexity index is 342. The topological polar surface area (TPSA) is 24.1 Å². The fourth-order valence-electron chi connectivity index (χ4n) is 1.46. The number of halogens is 2. The van der Waals surface area contributed by atoms with Gasteiger partial charge in [0, 0.05) is 23.2 Å². The van der Waals surface area contributed by atoms with Gasteiger partial charge in [0.25, 0.3) is 0 Å². The van der Waals surface area contributed by atoms with Gasteiger partial charge in [0.05, 0.1) is 0 Å². The van der Waals surface area contributed by atoms with Crippen molar-refractivity contribution in [2.24, 2.45) is 5.92 Å². The van der Waals surface area contributed by atoms with E-state index in [-0.39, 0.29) is 5.82 Å². The minimum absolute atomic E-state index is 0.170. The maximum absolute atomic E-state index is 12.9. The van der Waals surface area contributed by atoms with E-state index in [4.69, 9.17) is 0 Å². The van der Waals surface area contributed by atoms with Crippen LogP contribution >= 0.6 is 22.6 Å². The lowest BCUT2D eigenvalue weighted by molar-refractivity contribution is 0.535. The molecule has 2 nitrogen and oxygen atoms in total. The molecule has 0 spiro atoms. The van der Waals surface area contributed by atoms with Crippen molar-refractivity contribution < 1.29 is 4.39 Å². The zero-order valence-corrected chi connectivity index (χ0v) is 12.6. The van der Waals surface area contributed by atoms with Gasteiger partial charge in [-0.3, -0.25) is 0 Å². The molecule has 0 aliphatic heterocycles. The summed E-state index contributed by atoms with van der Waals surface area (Å²) in [7, 11) is 0. The molecule has 1 aromatic carbocycles. The number of hydrogen-bond acceptors (Lipinski definition) is 2. The summed E-state index contributed by atoms with van der Waals surface area (Å²) in [6.45, 7) is 8.14. The van der Waals surface area contributed by atoms with E-state index in [2.05, 4.69) is 47.1 Å². The van der Waals surface area contributed by atoms with Crippen LogP contribution in [0.3, 0.4) is 0 Å². The van der Waals surface area contributed by atoms with Crippen LogP contribution in [0.1, 0.15) is 19.4 Å². The van der Waals surface area contributed by atoms with Crippen LogP contribution < -0.4 is 10.6 Å². The predicted octanol–water partition coefficient (Wildman–Crippen LogP) is 2.77. The Hall–Kier alpha value is -0.200. The molecular weight excluding hydrogens is 330 g/mol. The molecule has 0 aliphatic carbocycles. The number of rotatable bonds is 7. The van der Waals surface area contributed by atoms with Crippen molar-refractivity contribution in [1.82, 2.24) is 10.6 Å². The molecule has 0 bridgehead atoms. The van der Waals surface area contributed by atoms with Crippen LogP contribution in [0, 0.1) is 15.3 Å². The Kier molecular flexibility index (Phi) is 6.99. The van der Waals surface area contributed by atoms with Crippen molar-refractivity contribution in [3.8, 4) is 0 Å². The molecule has 17 heavy (non-hydrogen) atoms. The molecule has 0 aliphatic rings. The van der Waals surface area contributed by atoms with Gasteiger partial charge in [0.1, 0.15) is 5.82 Å². The highest BCUT2D eigenvalue weighted by molar-refractivity contribution is 14.1. The summed E-state index contributed by atoms with van der Waals surface area (Å²) in [5, 5.41) is 6.72. The van der Waals surface area contributed by atoms with Gasteiger partial charge in [0.15, 0.2) is 0 Å². The summed E-state index contributed by atoms with van der Waals surface area (Å²) in [4.78, 5) is 0. The largest absolute Gasteiger partial charge is 0.315 e. The highest BCUT2D eigenvalue weighted by atomic mass is 127. The first-order valence-electron chi connectivity index (χ1n) is 5.95. The fourth-order valence-corrected chi connectivity index (χ4v) is 2.12. The van der Waals surface area contributed by atoms with E-state index in [1.807, 2.05) is 6.07 Å². The SMILES string of the molecule is CC(C)CNCCNCc1ccc(F)cc1I. The van der Waals surface area contributed by atoms with E-state index < -0.39 is 0 Å². The predicted molar refractivity (Wildman–Crippen MR) is 78.5 cm³/mol. The fraction of sp³-hybridized carbons (Fsp3) is 0.538. The number of nitrogens with one attached hydrogen (secondary N) is 2. The van der Waals surface area contributed by atoms with Crippen LogP contribution in [0.15, 0.2) is 18.2 Å². The van der Waals surface area contributed by atoms with Crippen molar-refractivity contribution in [1.29, 1.82) is 0 Å². The first-order chi connectivity index (χ1) is 8.09. The van der Waals surface area contributed by atoms with Crippen molar-refractivity contribution in [2.45, 2.75) is 20.4 Å². The lowest BCUT2D eigenvalue weighted by atomic mass is 10.2. The lowest BCUT2D eigenvalue weighted by Gasteiger charge is -2.09. The van der Waals surface area contributed by atoms with Crippen LogP contribution in [-0.4, -0.2) is 19.6 Å². The molecule has 1 aromatic rings. The highest BCUT2D eigenvalue weighted by Crippen LogP contribution is 2.13. The molecule has 0 aromatic heterocycles. The average molecular weight is 350 g/mol. The molecule has 2 N–H and O–H groups in total. The van der Waals surface area contributed by atoms with Gasteiger partial charge in [-0.1, -0.05) is 19.9 Å². The van der Waals surface area contributed by atoms with Gasteiger partial charge in [0.2, 0.25) is 0 Å². The molecule has 4 heteroatoms. The first kappa shape index (κ1) is 14.9. The van der Waals surface area contributed by atoms with E-state index in [0.717, 1.165) is 35.3 Å². The van der Waals surface area contributed by atoms with Crippen LogP contribution in [0.2, 0.25) is 0 Å². The molecule has 0 atom stereocenters. The second kappa shape index (κ2) is 8.00. The molecule has 0 radical (unpaired) electrons. The molecule has 0 fully saturated rings. The summed E-state index contributed by atoms with van der Waals surface area (Å²) >= 11 is 2.17. The molecule has 96 valence electrons. The van der Waals surface area contributed by atoms with Crippen molar-refractivity contribution >= 4 is 22.6 Å². The second-order valence-corrected chi connectivity index (χ2v) is 5.67. The Labute approximate surface area is 117 Å². The summed E-state index contributed by atoms with van der Waals surface area (Å²) < 4.78 is 13.9.